The number of urea groups is 1. The SMILES string of the molecule is O=C(Nc1ncc(C2CCC2)s1)N(Cc1ccccc1)C1=COCO1. The molecular weight excluding hydrogens is 338 g/mol. The number of carbonyl (C=O) groups is 1. The van der Waals surface area contributed by atoms with Gasteiger partial charge in [0.15, 0.2) is 5.13 Å². The third-order valence-electron chi connectivity index (χ3n) is 4.40. The van der Waals surface area contributed by atoms with E-state index in [4.69, 9.17) is 9.47 Å². The number of anilines is 1. The van der Waals surface area contributed by atoms with E-state index in [2.05, 4.69) is 10.3 Å². The van der Waals surface area contributed by atoms with E-state index in [1.54, 1.807) is 11.3 Å². The van der Waals surface area contributed by atoms with E-state index in [1.807, 2.05) is 36.5 Å². The highest BCUT2D eigenvalue weighted by molar-refractivity contribution is 7.15. The van der Waals surface area contributed by atoms with Crippen LogP contribution in [0.4, 0.5) is 9.93 Å². The molecule has 0 unspecified atom stereocenters. The van der Waals surface area contributed by atoms with Crippen molar-refractivity contribution in [2.75, 3.05) is 12.1 Å². The second-order valence-corrected chi connectivity index (χ2v) is 7.14. The summed E-state index contributed by atoms with van der Waals surface area (Å²) in [7, 11) is 0. The molecule has 2 aromatic rings. The van der Waals surface area contributed by atoms with Crippen LogP contribution < -0.4 is 5.32 Å². The average Bonchev–Trinajstić information content (AvgIpc) is 3.24. The molecule has 4 rings (SSSR count). The molecule has 0 atom stereocenters. The molecule has 25 heavy (non-hydrogen) atoms. The highest BCUT2D eigenvalue weighted by Gasteiger charge is 2.25. The summed E-state index contributed by atoms with van der Waals surface area (Å²) in [5.41, 5.74) is 1.00. The van der Waals surface area contributed by atoms with Gasteiger partial charge >= 0.3 is 6.03 Å². The number of hydrogen-bond acceptors (Lipinski definition) is 5. The van der Waals surface area contributed by atoms with Gasteiger partial charge in [0.1, 0.15) is 6.26 Å². The molecule has 0 spiro atoms. The van der Waals surface area contributed by atoms with Crippen molar-refractivity contribution in [3.63, 3.8) is 0 Å². The zero-order valence-corrected chi connectivity index (χ0v) is 14.5. The van der Waals surface area contributed by atoms with Crippen LogP contribution in [0.3, 0.4) is 0 Å². The van der Waals surface area contributed by atoms with Gasteiger partial charge in [-0.1, -0.05) is 36.8 Å². The maximum Gasteiger partial charge on any atom is 0.330 e. The summed E-state index contributed by atoms with van der Waals surface area (Å²) in [6, 6.07) is 9.48. The molecule has 1 fully saturated rings. The van der Waals surface area contributed by atoms with Gasteiger partial charge in [0.05, 0.1) is 6.54 Å². The third kappa shape index (κ3) is 3.61. The summed E-state index contributed by atoms with van der Waals surface area (Å²) in [6.45, 7) is 0.514. The fraction of sp³-hybridized carbons (Fsp3) is 0.333. The Kier molecular flexibility index (Phi) is 4.56. The Labute approximate surface area is 150 Å². The number of nitrogens with zero attached hydrogens (tertiary/aromatic N) is 2. The summed E-state index contributed by atoms with van der Waals surface area (Å²) >= 11 is 1.55. The number of nitrogens with one attached hydrogen (secondary N) is 1. The summed E-state index contributed by atoms with van der Waals surface area (Å²) < 4.78 is 10.5. The number of carbonyl (C=O) groups excluding carboxylic acids is 1. The first kappa shape index (κ1) is 16.0. The van der Waals surface area contributed by atoms with Crippen molar-refractivity contribution in [3.05, 3.63) is 59.1 Å². The molecule has 2 heterocycles. The van der Waals surface area contributed by atoms with E-state index in [9.17, 15) is 4.79 Å². The number of amides is 2. The van der Waals surface area contributed by atoms with Crippen LogP contribution in [0.25, 0.3) is 0 Å². The van der Waals surface area contributed by atoms with E-state index >= 15 is 0 Å². The smallest absolute Gasteiger partial charge is 0.330 e. The largest absolute Gasteiger partial charge is 0.459 e. The van der Waals surface area contributed by atoms with Crippen LogP contribution >= 0.6 is 11.3 Å². The summed E-state index contributed by atoms with van der Waals surface area (Å²) in [4.78, 5) is 19.9. The lowest BCUT2D eigenvalue weighted by Gasteiger charge is -2.23. The lowest BCUT2D eigenvalue weighted by Crippen LogP contribution is -2.34. The lowest BCUT2D eigenvalue weighted by atomic mass is 9.85. The molecular formula is C18H19N3O3S. The number of benzene rings is 1. The van der Waals surface area contributed by atoms with Crippen LogP contribution in [0.1, 0.15) is 35.6 Å². The normalized spacial score (nSPS) is 16.4. The zero-order valence-electron chi connectivity index (χ0n) is 13.7. The minimum absolute atomic E-state index is 0.122. The fourth-order valence-electron chi connectivity index (χ4n) is 2.78. The molecule has 1 N–H and O–H groups in total. The van der Waals surface area contributed by atoms with Gasteiger partial charge < -0.3 is 9.47 Å². The van der Waals surface area contributed by atoms with Crippen molar-refractivity contribution < 1.29 is 14.3 Å². The van der Waals surface area contributed by atoms with Crippen molar-refractivity contribution in [2.24, 2.45) is 0 Å². The lowest BCUT2D eigenvalue weighted by molar-refractivity contribution is 0.0554. The van der Waals surface area contributed by atoms with E-state index in [1.165, 1.54) is 35.3 Å². The molecule has 1 aliphatic heterocycles. The first-order valence-corrected chi connectivity index (χ1v) is 9.14. The molecule has 2 aliphatic rings. The first-order valence-electron chi connectivity index (χ1n) is 8.32. The highest BCUT2D eigenvalue weighted by atomic mass is 32.1. The van der Waals surface area contributed by atoms with Gasteiger partial charge in [-0.2, -0.15) is 0 Å². The number of rotatable bonds is 5. The standard InChI is InChI=1S/C18H19N3O3S/c22-18(20-17-19-9-15(25-17)14-7-4-8-14)21(16-11-23-12-24-16)10-13-5-2-1-3-6-13/h1-3,5-6,9,11,14H,4,7-8,10,12H2,(H,19,20,22). The molecule has 0 bridgehead atoms. The Balaban J connectivity index is 1.48. The number of ether oxygens (including phenoxy) is 2. The minimum atomic E-state index is -0.282. The second kappa shape index (κ2) is 7.14. The summed E-state index contributed by atoms with van der Waals surface area (Å²) in [6.07, 6.45) is 7.05. The molecule has 2 amide bonds. The Morgan fingerprint density at radius 3 is 2.84 bits per heavy atom. The number of hydrogen-bond donors (Lipinski definition) is 1. The predicted octanol–water partition coefficient (Wildman–Crippen LogP) is 4.25. The van der Waals surface area contributed by atoms with Crippen LogP contribution in [-0.2, 0) is 16.0 Å². The monoisotopic (exact) mass is 357 g/mol. The fourth-order valence-corrected chi connectivity index (χ4v) is 3.75. The number of aromatic nitrogens is 1. The predicted molar refractivity (Wildman–Crippen MR) is 94.8 cm³/mol. The van der Waals surface area contributed by atoms with E-state index in [0.29, 0.717) is 23.5 Å². The maximum atomic E-state index is 12.8. The summed E-state index contributed by atoms with van der Waals surface area (Å²) in [5.74, 6) is 1.01. The van der Waals surface area contributed by atoms with Gasteiger partial charge in [-0.15, -0.1) is 11.3 Å². The Morgan fingerprint density at radius 1 is 1.32 bits per heavy atom. The van der Waals surface area contributed by atoms with Gasteiger partial charge in [0.25, 0.3) is 0 Å². The van der Waals surface area contributed by atoms with Crippen LogP contribution in [0, 0.1) is 0 Å². The summed E-state index contributed by atoms with van der Waals surface area (Å²) in [5, 5.41) is 3.50. The quantitative estimate of drug-likeness (QED) is 0.869. The molecule has 130 valence electrons. The average molecular weight is 357 g/mol. The molecule has 1 aromatic carbocycles. The Morgan fingerprint density at radius 2 is 2.16 bits per heavy atom. The van der Waals surface area contributed by atoms with Crippen molar-refractivity contribution in [2.45, 2.75) is 31.7 Å². The van der Waals surface area contributed by atoms with Crippen LogP contribution in [-0.4, -0.2) is 22.7 Å². The van der Waals surface area contributed by atoms with E-state index in [-0.39, 0.29) is 12.8 Å². The van der Waals surface area contributed by atoms with Crippen LogP contribution in [0.5, 0.6) is 0 Å². The van der Waals surface area contributed by atoms with Gasteiger partial charge in [-0.25, -0.2) is 9.78 Å². The Hall–Kier alpha value is -2.54. The van der Waals surface area contributed by atoms with Gasteiger partial charge in [0.2, 0.25) is 12.7 Å². The van der Waals surface area contributed by atoms with Crippen molar-refractivity contribution in [1.29, 1.82) is 0 Å². The minimum Gasteiger partial charge on any atom is -0.459 e. The zero-order chi connectivity index (χ0) is 17.1. The maximum absolute atomic E-state index is 12.8. The first-order chi connectivity index (χ1) is 12.3. The van der Waals surface area contributed by atoms with E-state index in [0.717, 1.165) is 5.56 Å². The molecule has 1 aliphatic carbocycles. The molecule has 0 radical (unpaired) electrons. The van der Waals surface area contributed by atoms with Gasteiger partial charge in [-0.3, -0.25) is 10.2 Å². The van der Waals surface area contributed by atoms with Crippen molar-refractivity contribution in [3.8, 4) is 0 Å². The van der Waals surface area contributed by atoms with Crippen LogP contribution in [0.15, 0.2) is 48.7 Å². The van der Waals surface area contributed by atoms with Gasteiger partial charge in [-0.05, 0) is 24.3 Å². The molecule has 1 aromatic heterocycles. The number of thiazole rings is 1. The van der Waals surface area contributed by atoms with Crippen molar-refractivity contribution in [1.82, 2.24) is 9.88 Å². The highest BCUT2D eigenvalue weighted by Crippen LogP contribution is 2.40. The van der Waals surface area contributed by atoms with Crippen molar-refractivity contribution >= 4 is 22.5 Å². The van der Waals surface area contributed by atoms with E-state index < -0.39 is 0 Å². The molecule has 7 heteroatoms. The molecule has 1 saturated carbocycles. The van der Waals surface area contributed by atoms with Crippen LogP contribution in [0.2, 0.25) is 0 Å². The second-order valence-electron chi connectivity index (χ2n) is 6.08. The van der Waals surface area contributed by atoms with Gasteiger partial charge in [0, 0.05) is 11.1 Å². The Bertz CT molecular complexity index is 771. The molecule has 6 nitrogen and oxygen atoms in total. The third-order valence-corrected chi connectivity index (χ3v) is 5.47. The topological polar surface area (TPSA) is 63.7 Å². The molecule has 0 saturated heterocycles.